The fourth-order valence-corrected chi connectivity index (χ4v) is 3.89. The molecule has 0 spiro atoms. The summed E-state index contributed by atoms with van der Waals surface area (Å²) in [6.45, 7) is 0.482. The van der Waals surface area contributed by atoms with Gasteiger partial charge in [0.05, 0.1) is 27.0 Å². The van der Waals surface area contributed by atoms with Crippen LogP contribution in [0, 0.1) is 11.6 Å². The van der Waals surface area contributed by atoms with Crippen molar-refractivity contribution in [2.45, 2.75) is 19.3 Å². The van der Waals surface area contributed by atoms with Crippen LogP contribution < -0.4 is 5.32 Å². The lowest BCUT2D eigenvalue weighted by molar-refractivity contribution is -0.121. The van der Waals surface area contributed by atoms with Gasteiger partial charge in [0, 0.05) is 25.8 Å². The number of aryl methyl sites for hydroxylation is 1. The average molecular weight is 413 g/mol. The Morgan fingerprint density at radius 3 is 2.66 bits per heavy atom. The Hall–Kier alpha value is -3.13. The van der Waals surface area contributed by atoms with Crippen molar-refractivity contribution in [3.63, 3.8) is 0 Å². The third kappa shape index (κ3) is 4.48. The van der Waals surface area contributed by atoms with Crippen molar-refractivity contribution in [1.82, 2.24) is 15.3 Å². The molecule has 0 unspecified atom stereocenters. The van der Waals surface area contributed by atoms with Gasteiger partial charge in [-0.15, -0.1) is 11.3 Å². The van der Waals surface area contributed by atoms with Crippen LogP contribution in [0.4, 0.5) is 8.78 Å². The maximum atomic E-state index is 13.8. The first-order valence-corrected chi connectivity index (χ1v) is 9.92. The number of amides is 1. The molecule has 0 saturated heterocycles. The van der Waals surface area contributed by atoms with E-state index in [4.69, 9.17) is 4.42 Å². The number of carbonyl (C=O) groups excluding carboxylic acids is 1. The number of nitrogens with zero attached hydrogens (tertiary/aromatic N) is 2. The summed E-state index contributed by atoms with van der Waals surface area (Å²) in [6.07, 6.45) is 2.32. The molecule has 0 radical (unpaired) electrons. The summed E-state index contributed by atoms with van der Waals surface area (Å²) in [5.74, 6) is -1.33. The minimum Gasteiger partial charge on any atom is -0.441 e. The smallest absolute Gasteiger partial charge is 0.220 e. The number of benzene rings is 2. The minimum atomic E-state index is -0.722. The van der Waals surface area contributed by atoms with Gasteiger partial charge in [-0.2, -0.15) is 0 Å². The number of aromatic nitrogens is 2. The Labute approximate surface area is 169 Å². The molecule has 5 nitrogen and oxygen atoms in total. The predicted octanol–water partition coefficient (Wildman–Crippen LogP) is 4.52. The molecule has 0 aliphatic heterocycles. The first-order valence-electron chi connectivity index (χ1n) is 9.10. The molecule has 1 amide bonds. The molecule has 29 heavy (non-hydrogen) atoms. The van der Waals surface area contributed by atoms with Gasteiger partial charge in [-0.1, -0.05) is 18.2 Å². The van der Waals surface area contributed by atoms with Crippen LogP contribution in [0.3, 0.4) is 0 Å². The number of hydrogen-bond acceptors (Lipinski definition) is 5. The predicted molar refractivity (Wildman–Crippen MR) is 107 cm³/mol. The van der Waals surface area contributed by atoms with Gasteiger partial charge in [0.15, 0.2) is 11.7 Å². The van der Waals surface area contributed by atoms with Gasteiger partial charge in [0.25, 0.3) is 0 Å². The van der Waals surface area contributed by atoms with Crippen LogP contribution in [0.15, 0.2) is 53.1 Å². The Kier molecular flexibility index (Phi) is 5.62. The van der Waals surface area contributed by atoms with E-state index < -0.39 is 11.6 Å². The number of oxazole rings is 1. The molecule has 0 bridgehead atoms. The lowest BCUT2D eigenvalue weighted by Gasteiger charge is -2.03. The number of carbonyl (C=O) groups is 1. The Morgan fingerprint density at radius 2 is 1.86 bits per heavy atom. The molecule has 1 N–H and O–H groups in total. The zero-order valence-electron chi connectivity index (χ0n) is 15.3. The molecule has 0 atom stereocenters. The zero-order chi connectivity index (χ0) is 20.2. The van der Waals surface area contributed by atoms with E-state index in [1.165, 1.54) is 12.3 Å². The molecule has 0 aliphatic rings. The summed E-state index contributed by atoms with van der Waals surface area (Å²) in [4.78, 5) is 20.6. The molecule has 2 aromatic heterocycles. The summed E-state index contributed by atoms with van der Waals surface area (Å²) in [5, 5.41) is 3.81. The van der Waals surface area contributed by atoms with Crippen molar-refractivity contribution in [3.05, 3.63) is 71.2 Å². The van der Waals surface area contributed by atoms with Gasteiger partial charge in [0.2, 0.25) is 5.91 Å². The summed E-state index contributed by atoms with van der Waals surface area (Å²) in [6, 6.07) is 11.5. The highest BCUT2D eigenvalue weighted by molar-refractivity contribution is 7.18. The van der Waals surface area contributed by atoms with Crippen molar-refractivity contribution in [1.29, 1.82) is 0 Å². The number of rotatable bonds is 7. The number of fused-ring (bicyclic) bond motifs is 1. The SMILES string of the molecule is O=C(CCc1ncc(-c2c(F)cccc2F)o1)NCCc1nc2ccccc2s1. The Balaban J connectivity index is 1.27. The lowest BCUT2D eigenvalue weighted by atomic mass is 10.1. The van der Waals surface area contributed by atoms with Crippen molar-refractivity contribution >= 4 is 27.5 Å². The zero-order valence-corrected chi connectivity index (χ0v) is 16.1. The monoisotopic (exact) mass is 413 g/mol. The summed E-state index contributed by atoms with van der Waals surface area (Å²) in [5.41, 5.74) is 0.705. The van der Waals surface area contributed by atoms with E-state index in [0.29, 0.717) is 13.0 Å². The third-order valence-electron chi connectivity index (χ3n) is 4.33. The fourth-order valence-electron chi connectivity index (χ4n) is 2.92. The van der Waals surface area contributed by atoms with Crippen LogP contribution in [0.1, 0.15) is 17.3 Å². The van der Waals surface area contributed by atoms with Crippen LogP contribution in [-0.4, -0.2) is 22.4 Å². The first kappa shape index (κ1) is 19.2. The summed E-state index contributed by atoms with van der Waals surface area (Å²) >= 11 is 1.61. The van der Waals surface area contributed by atoms with Crippen molar-refractivity contribution in [2.75, 3.05) is 6.54 Å². The number of para-hydroxylation sites is 1. The van der Waals surface area contributed by atoms with E-state index in [1.807, 2.05) is 24.3 Å². The van der Waals surface area contributed by atoms with Crippen LogP contribution in [0.25, 0.3) is 21.5 Å². The molecule has 2 aromatic carbocycles. The molecule has 148 valence electrons. The average Bonchev–Trinajstić information content (AvgIpc) is 3.33. The van der Waals surface area contributed by atoms with Gasteiger partial charge >= 0.3 is 0 Å². The van der Waals surface area contributed by atoms with Crippen LogP contribution in [0.5, 0.6) is 0 Å². The molecule has 0 saturated carbocycles. The molecule has 4 aromatic rings. The molecule has 0 aliphatic carbocycles. The maximum Gasteiger partial charge on any atom is 0.220 e. The summed E-state index contributed by atoms with van der Waals surface area (Å²) < 4.78 is 34.2. The maximum absolute atomic E-state index is 13.8. The highest BCUT2D eigenvalue weighted by Gasteiger charge is 2.16. The second-order valence-corrected chi connectivity index (χ2v) is 7.51. The van der Waals surface area contributed by atoms with E-state index in [-0.39, 0.29) is 36.0 Å². The largest absolute Gasteiger partial charge is 0.441 e. The van der Waals surface area contributed by atoms with Gasteiger partial charge in [0.1, 0.15) is 11.6 Å². The molecular formula is C21H17F2N3O2S. The quantitative estimate of drug-likeness (QED) is 0.484. The molecular weight excluding hydrogens is 396 g/mol. The van der Waals surface area contributed by atoms with Crippen molar-refractivity contribution < 1.29 is 18.0 Å². The van der Waals surface area contributed by atoms with Crippen molar-refractivity contribution in [3.8, 4) is 11.3 Å². The van der Waals surface area contributed by atoms with Crippen LogP contribution in [-0.2, 0) is 17.6 Å². The van der Waals surface area contributed by atoms with Gasteiger partial charge in [-0.25, -0.2) is 18.7 Å². The normalized spacial score (nSPS) is 11.1. The number of halogens is 2. The van der Waals surface area contributed by atoms with Crippen molar-refractivity contribution in [2.24, 2.45) is 0 Å². The second kappa shape index (κ2) is 8.48. The fraction of sp³-hybridized carbons (Fsp3) is 0.190. The highest BCUT2D eigenvalue weighted by Crippen LogP contribution is 2.26. The van der Waals surface area contributed by atoms with Gasteiger partial charge in [-0.05, 0) is 24.3 Å². The first-order chi connectivity index (χ1) is 14.1. The third-order valence-corrected chi connectivity index (χ3v) is 5.42. The number of thiazole rings is 1. The minimum absolute atomic E-state index is 0.00634. The van der Waals surface area contributed by atoms with Gasteiger partial charge < -0.3 is 9.73 Å². The molecule has 8 heteroatoms. The topological polar surface area (TPSA) is 68.0 Å². The lowest BCUT2D eigenvalue weighted by Crippen LogP contribution is -2.25. The van der Waals surface area contributed by atoms with E-state index >= 15 is 0 Å². The van der Waals surface area contributed by atoms with E-state index in [1.54, 1.807) is 11.3 Å². The Bertz CT molecular complexity index is 1100. The van der Waals surface area contributed by atoms with Gasteiger partial charge in [-0.3, -0.25) is 4.79 Å². The Morgan fingerprint density at radius 1 is 1.07 bits per heavy atom. The van der Waals surface area contributed by atoms with Crippen LogP contribution >= 0.6 is 11.3 Å². The highest BCUT2D eigenvalue weighted by atomic mass is 32.1. The number of hydrogen-bond donors (Lipinski definition) is 1. The van der Waals surface area contributed by atoms with E-state index in [2.05, 4.69) is 15.3 Å². The standard InChI is InChI=1S/C21H17F2N3O2S/c22-13-4-3-5-14(23)21(13)16-12-25-19(28-16)9-8-18(27)24-11-10-20-26-15-6-1-2-7-17(15)29-20/h1-7,12H,8-11H2,(H,24,27). The van der Waals surface area contributed by atoms with Crippen LogP contribution in [0.2, 0.25) is 0 Å². The number of nitrogens with one attached hydrogen (secondary N) is 1. The van der Waals surface area contributed by atoms with E-state index in [0.717, 1.165) is 27.4 Å². The van der Waals surface area contributed by atoms with E-state index in [9.17, 15) is 13.6 Å². The molecule has 4 rings (SSSR count). The second-order valence-electron chi connectivity index (χ2n) is 6.39. The molecule has 0 fully saturated rings. The summed E-state index contributed by atoms with van der Waals surface area (Å²) in [7, 11) is 0. The molecule has 2 heterocycles.